The molecule has 0 unspecified atom stereocenters. The molecule has 0 spiro atoms. The molecular formula is C22H16ClNO2S3. The van der Waals surface area contributed by atoms with Crippen LogP contribution in [-0.4, -0.2) is 10.2 Å². The van der Waals surface area contributed by atoms with E-state index in [1.54, 1.807) is 22.7 Å². The maximum Gasteiger partial charge on any atom is 0.270 e. The predicted octanol–water partition coefficient (Wildman–Crippen LogP) is 6.94. The molecule has 3 nitrogen and oxygen atoms in total. The molecule has 1 saturated heterocycles. The van der Waals surface area contributed by atoms with Crippen LogP contribution in [0.4, 0.5) is 5.69 Å². The summed E-state index contributed by atoms with van der Waals surface area (Å²) >= 11 is 14.2. The molecule has 0 radical (unpaired) electrons. The minimum atomic E-state index is -0.124. The lowest BCUT2D eigenvalue weighted by atomic mass is 10.2. The average Bonchev–Trinajstić information content (AvgIpc) is 3.26. The van der Waals surface area contributed by atoms with E-state index in [9.17, 15) is 4.79 Å². The fraction of sp³-hybridized carbons (Fsp3) is 0.0909. The van der Waals surface area contributed by atoms with Gasteiger partial charge in [-0.3, -0.25) is 9.69 Å². The molecule has 7 heteroatoms. The van der Waals surface area contributed by atoms with Gasteiger partial charge in [-0.25, -0.2) is 0 Å². The number of furan rings is 1. The van der Waals surface area contributed by atoms with E-state index < -0.39 is 0 Å². The zero-order valence-electron chi connectivity index (χ0n) is 15.4. The predicted molar refractivity (Wildman–Crippen MR) is 127 cm³/mol. The van der Waals surface area contributed by atoms with E-state index in [0.717, 1.165) is 32.7 Å². The number of benzene rings is 2. The second kappa shape index (κ2) is 8.79. The van der Waals surface area contributed by atoms with Crippen molar-refractivity contribution in [3.8, 4) is 0 Å². The third-order valence-corrected chi connectivity index (χ3v) is 6.86. The number of rotatable bonds is 5. The van der Waals surface area contributed by atoms with Gasteiger partial charge in [-0.2, -0.15) is 0 Å². The summed E-state index contributed by atoms with van der Waals surface area (Å²) < 4.78 is 6.40. The zero-order chi connectivity index (χ0) is 20.4. The van der Waals surface area contributed by atoms with Crippen LogP contribution in [0.25, 0.3) is 6.08 Å². The van der Waals surface area contributed by atoms with Crippen molar-refractivity contribution in [1.82, 2.24) is 0 Å². The number of thiocarbonyl (C=S) groups is 1. The number of aryl methyl sites for hydroxylation is 1. The number of hydrogen-bond donors (Lipinski definition) is 0. The molecule has 0 aliphatic carbocycles. The first-order chi connectivity index (χ1) is 14.0. The van der Waals surface area contributed by atoms with Gasteiger partial charge in [-0.05, 0) is 48.4 Å². The minimum Gasteiger partial charge on any atom is -0.450 e. The minimum absolute atomic E-state index is 0.124. The molecule has 3 aromatic rings. The highest BCUT2D eigenvalue weighted by Crippen LogP contribution is 2.37. The number of hydrogen-bond acceptors (Lipinski definition) is 5. The number of halogens is 1. The van der Waals surface area contributed by atoms with E-state index in [1.807, 2.05) is 67.6 Å². The number of thioether (sulfide) groups is 2. The summed E-state index contributed by atoms with van der Waals surface area (Å²) in [6.07, 6.45) is 1.75. The highest BCUT2D eigenvalue weighted by atomic mass is 35.5. The van der Waals surface area contributed by atoms with Crippen molar-refractivity contribution in [3.05, 3.63) is 87.5 Å². The Bertz CT molecular complexity index is 1110. The van der Waals surface area contributed by atoms with Gasteiger partial charge in [0.15, 0.2) is 9.41 Å². The van der Waals surface area contributed by atoms with E-state index in [-0.39, 0.29) is 5.91 Å². The molecule has 0 saturated carbocycles. The molecule has 1 fully saturated rings. The van der Waals surface area contributed by atoms with E-state index in [4.69, 9.17) is 28.2 Å². The summed E-state index contributed by atoms with van der Waals surface area (Å²) in [6, 6.07) is 19.2. The van der Waals surface area contributed by atoms with E-state index in [2.05, 4.69) is 0 Å². The summed E-state index contributed by atoms with van der Waals surface area (Å²) in [6.45, 7) is 1.97. The maximum absolute atomic E-state index is 12.9. The maximum atomic E-state index is 12.9. The van der Waals surface area contributed by atoms with E-state index >= 15 is 0 Å². The Hall–Kier alpha value is -1.99. The Morgan fingerprint density at radius 2 is 1.90 bits per heavy atom. The first kappa shape index (κ1) is 20.3. The van der Waals surface area contributed by atoms with Crippen LogP contribution in [-0.2, 0) is 10.5 Å². The van der Waals surface area contributed by atoms with E-state index in [0.29, 0.717) is 15.0 Å². The number of carbonyl (C=O) groups is 1. The number of para-hydroxylation sites is 1. The summed E-state index contributed by atoms with van der Waals surface area (Å²) in [4.78, 5) is 15.1. The zero-order valence-corrected chi connectivity index (χ0v) is 18.6. The molecule has 0 N–H and O–H groups in total. The van der Waals surface area contributed by atoms with Crippen LogP contribution in [0.5, 0.6) is 0 Å². The van der Waals surface area contributed by atoms with Crippen molar-refractivity contribution in [2.45, 2.75) is 17.8 Å². The van der Waals surface area contributed by atoms with Gasteiger partial charge < -0.3 is 4.42 Å². The topological polar surface area (TPSA) is 33.5 Å². The van der Waals surface area contributed by atoms with Crippen LogP contribution in [0.3, 0.4) is 0 Å². The van der Waals surface area contributed by atoms with Crippen molar-refractivity contribution < 1.29 is 9.21 Å². The number of amides is 1. The van der Waals surface area contributed by atoms with Gasteiger partial charge in [-0.15, -0.1) is 0 Å². The SMILES string of the molecule is Cc1ccccc1N1C(=O)/C(=C/c2ccc(SCc3ccc(Cl)cc3)o2)SC1=S. The van der Waals surface area contributed by atoms with Gasteiger partial charge in [0.25, 0.3) is 5.91 Å². The van der Waals surface area contributed by atoms with Gasteiger partial charge in [0, 0.05) is 16.9 Å². The number of nitrogens with zero attached hydrogens (tertiary/aromatic N) is 1. The van der Waals surface area contributed by atoms with Crippen LogP contribution in [0.2, 0.25) is 5.02 Å². The molecule has 1 amide bonds. The van der Waals surface area contributed by atoms with Crippen molar-refractivity contribution in [1.29, 1.82) is 0 Å². The summed E-state index contributed by atoms with van der Waals surface area (Å²) in [5, 5.41) is 1.52. The third-order valence-electron chi connectivity index (χ3n) is 4.32. The molecule has 0 atom stereocenters. The highest BCUT2D eigenvalue weighted by molar-refractivity contribution is 8.27. The fourth-order valence-electron chi connectivity index (χ4n) is 2.84. The Morgan fingerprint density at radius 3 is 2.66 bits per heavy atom. The average molecular weight is 458 g/mol. The van der Waals surface area contributed by atoms with Crippen molar-refractivity contribution in [2.75, 3.05) is 4.90 Å². The Morgan fingerprint density at radius 1 is 1.14 bits per heavy atom. The van der Waals surface area contributed by atoms with Crippen molar-refractivity contribution >= 4 is 69.3 Å². The second-order valence-corrected chi connectivity index (χ2v) is 9.47. The monoisotopic (exact) mass is 457 g/mol. The van der Waals surface area contributed by atoms with Crippen LogP contribution < -0.4 is 4.90 Å². The van der Waals surface area contributed by atoms with Crippen LogP contribution >= 0.6 is 47.3 Å². The van der Waals surface area contributed by atoms with Crippen LogP contribution in [0, 0.1) is 6.92 Å². The molecule has 0 bridgehead atoms. The van der Waals surface area contributed by atoms with E-state index in [1.165, 1.54) is 11.8 Å². The Kier molecular flexibility index (Phi) is 6.15. The third kappa shape index (κ3) is 4.61. The molecule has 1 aromatic heterocycles. The number of anilines is 1. The lowest BCUT2D eigenvalue weighted by molar-refractivity contribution is -0.113. The molecule has 4 rings (SSSR count). The fourth-order valence-corrected chi connectivity index (χ4v) is 5.06. The van der Waals surface area contributed by atoms with Crippen LogP contribution in [0.15, 0.2) is 75.1 Å². The molecule has 1 aliphatic heterocycles. The van der Waals surface area contributed by atoms with Gasteiger partial charge >= 0.3 is 0 Å². The smallest absolute Gasteiger partial charge is 0.270 e. The highest BCUT2D eigenvalue weighted by Gasteiger charge is 2.34. The Balaban J connectivity index is 1.47. The molecule has 146 valence electrons. The first-order valence-corrected chi connectivity index (χ1v) is 11.4. The van der Waals surface area contributed by atoms with Crippen LogP contribution in [0.1, 0.15) is 16.9 Å². The van der Waals surface area contributed by atoms with Crippen molar-refractivity contribution in [2.24, 2.45) is 0 Å². The molecule has 1 aliphatic rings. The quantitative estimate of drug-likeness (QED) is 0.235. The summed E-state index contributed by atoms with van der Waals surface area (Å²) in [5.41, 5.74) is 2.98. The standard InChI is InChI=1S/C22H16ClNO2S3/c1-14-4-2-3-5-18(14)24-21(25)19(29-22(24)27)12-17-10-11-20(26-17)28-13-15-6-8-16(23)9-7-15/h2-12H,13H2,1H3/b19-12-. The van der Waals surface area contributed by atoms with Gasteiger partial charge in [0.05, 0.1) is 10.6 Å². The molecule has 2 aromatic carbocycles. The molecule has 29 heavy (non-hydrogen) atoms. The lowest BCUT2D eigenvalue weighted by Gasteiger charge is -2.16. The summed E-state index contributed by atoms with van der Waals surface area (Å²) in [5.74, 6) is 1.29. The normalized spacial score (nSPS) is 15.5. The van der Waals surface area contributed by atoms with Gasteiger partial charge in [0.1, 0.15) is 5.76 Å². The Labute approximate surface area is 188 Å². The lowest BCUT2D eigenvalue weighted by Crippen LogP contribution is -2.28. The molecule has 2 heterocycles. The largest absolute Gasteiger partial charge is 0.450 e. The summed E-state index contributed by atoms with van der Waals surface area (Å²) in [7, 11) is 0. The van der Waals surface area contributed by atoms with Gasteiger partial charge in [0.2, 0.25) is 0 Å². The first-order valence-electron chi connectivity index (χ1n) is 8.82. The second-order valence-electron chi connectivity index (χ2n) is 6.38. The van der Waals surface area contributed by atoms with Gasteiger partial charge in [-0.1, -0.05) is 77.7 Å². The van der Waals surface area contributed by atoms with Crippen molar-refractivity contribution in [3.63, 3.8) is 0 Å². The number of carbonyl (C=O) groups excluding carboxylic acids is 1. The molecular weight excluding hydrogens is 442 g/mol.